The third kappa shape index (κ3) is 6.63. The lowest BCUT2D eigenvalue weighted by molar-refractivity contribution is -0.136. The molecule has 10 heteroatoms. The van der Waals surface area contributed by atoms with Gasteiger partial charge in [-0.15, -0.1) is 5.10 Å². The lowest BCUT2D eigenvalue weighted by atomic mass is 9.88. The minimum atomic E-state index is -0.535. The smallest absolute Gasteiger partial charge is 0.247 e. The highest BCUT2D eigenvalue weighted by atomic mass is 35.5. The second-order valence-corrected chi connectivity index (χ2v) is 11.3. The molecule has 2 fully saturated rings. The second kappa shape index (κ2) is 12.7. The monoisotopic (exact) mass is 575 g/mol. The molecule has 0 saturated carbocycles. The Bertz CT molecular complexity index is 1230. The van der Waals surface area contributed by atoms with E-state index in [4.69, 9.17) is 39.5 Å². The van der Waals surface area contributed by atoms with Crippen LogP contribution in [0.4, 0.5) is 0 Å². The van der Waals surface area contributed by atoms with Crippen molar-refractivity contribution in [3.05, 3.63) is 75.0 Å². The topological polar surface area (TPSA) is 63.5 Å². The molecule has 1 amide bonds. The SMILES string of the molecule is O=C(C(Cc1ccc(Cl)cc1Cl)n1ccnn1)N1CCC(c2ccc(Cl)cc2OCCN2CCCC2)CC1. The zero-order valence-electron chi connectivity index (χ0n) is 21.2. The minimum absolute atomic E-state index is 0.0122. The number of carbonyl (C=O) groups is 1. The number of benzene rings is 2. The Hall–Kier alpha value is -2.32. The Morgan fingerprint density at radius 2 is 1.74 bits per heavy atom. The Morgan fingerprint density at radius 3 is 2.45 bits per heavy atom. The van der Waals surface area contributed by atoms with E-state index in [1.165, 1.54) is 18.4 Å². The van der Waals surface area contributed by atoms with E-state index in [1.54, 1.807) is 29.2 Å². The number of hydrogen-bond donors (Lipinski definition) is 0. The van der Waals surface area contributed by atoms with Gasteiger partial charge in [-0.1, -0.05) is 52.1 Å². The Kier molecular flexibility index (Phi) is 9.10. The van der Waals surface area contributed by atoms with Crippen molar-refractivity contribution in [2.75, 3.05) is 39.3 Å². The van der Waals surface area contributed by atoms with Crippen LogP contribution in [0.2, 0.25) is 15.1 Å². The molecule has 3 heterocycles. The van der Waals surface area contributed by atoms with Crippen LogP contribution in [-0.4, -0.2) is 70.0 Å². The van der Waals surface area contributed by atoms with Crippen LogP contribution in [0.5, 0.6) is 5.75 Å². The molecule has 1 unspecified atom stereocenters. The molecule has 0 radical (unpaired) electrons. The normalized spacial score (nSPS) is 17.6. The molecular formula is C28H32Cl3N5O2. The average Bonchev–Trinajstić information content (AvgIpc) is 3.63. The van der Waals surface area contributed by atoms with Crippen LogP contribution < -0.4 is 4.74 Å². The molecule has 0 N–H and O–H groups in total. The van der Waals surface area contributed by atoms with Crippen molar-refractivity contribution in [2.45, 2.75) is 44.1 Å². The number of halogens is 3. The van der Waals surface area contributed by atoms with Gasteiger partial charge in [-0.05, 0) is 80.1 Å². The molecule has 3 aromatic rings. The van der Waals surface area contributed by atoms with E-state index < -0.39 is 6.04 Å². The van der Waals surface area contributed by atoms with Gasteiger partial charge >= 0.3 is 0 Å². The lowest BCUT2D eigenvalue weighted by Gasteiger charge is -2.35. The molecule has 0 bridgehead atoms. The zero-order chi connectivity index (χ0) is 26.5. The van der Waals surface area contributed by atoms with Crippen molar-refractivity contribution in [3.8, 4) is 5.75 Å². The summed E-state index contributed by atoms with van der Waals surface area (Å²) in [5.74, 6) is 1.17. The summed E-state index contributed by atoms with van der Waals surface area (Å²) in [4.78, 5) is 18.1. The van der Waals surface area contributed by atoms with Crippen molar-refractivity contribution in [3.63, 3.8) is 0 Å². The molecule has 7 nitrogen and oxygen atoms in total. The molecule has 2 aliphatic heterocycles. The first kappa shape index (κ1) is 27.3. The van der Waals surface area contributed by atoms with Gasteiger partial charge in [0, 0.05) is 47.3 Å². The van der Waals surface area contributed by atoms with E-state index in [-0.39, 0.29) is 5.91 Å². The summed E-state index contributed by atoms with van der Waals surface area (Å²) in [6, 6.07) is 10.7. The maximum Gasteiger partial charge on any atom is 0.247 e. The van der Waals surface area contributed by atoms with Crippen molar-refractivity contribution in [1.82, 2.24) is 24.8 Å². The minimum Gasteiger partial charge on any atom is -0.492 e. The summed E-state index contributed by atoms with van der Waals surface area (Å²) in [5, 5.41) is 9.83. The summed E-state index contributed by atoms with van der Waals surface area (Å²) < 4.78 is 7.85. The van der Waals surface area contributed by atoms with Crippen LogP contribution in [0.25, 0.3) is 0 Å². The van der Waals surface area contributed by atoms with Gasteiger partial charge < -0.3 is 9.64 Å². The second-order valence-electron chi connectivity index (χ2n) is 10.0. The molecule has 0 aliphatic carbocycles. The third-order valence-electron chi connectivity index (χ3n) is 7.56. The van der Waals surface area contributed by atoms with Crippen LogP contribution in [0.1, 0.15) is 48.8 Å². The quantitative estimate of drug-likeness (QED) is 0.317. The first-order valence-electron chi connectivity index (χ1n) is 13.2. The molecule has 1 aromatic heterocycles. The summed E-state index contributed by atoms with van der Waals surface area (Å²) in [6.45, 7) is 5.19. The molecule has 38 heavy (non-hydrogen) atoms. The number of nitrogens with zero attached hydrogens (tertiary/aromatic N) is 5. The van der Waals surface area contributed by atoms with Gasteiger partial charge in [0.15, 0.2) is 0 Å². The maximum atomic E-state index is 13.7. The molecule has 0 spiro atoms. The van der Waals surface area contributed by atoms with Crippen LogP contribution >= 0.6 is 34.8 Å². The van der Waals surface area contributed by atoms with E-state index in [2.05, 4.69) is 21.3 Å². The number of piperidine rings is 1. The van der Waals surface area contributed by atoms with Crippen LogP contribution in [-0.2, 0) is 11.2 Å². The van der Waals surface area contributed by atoms with Gasteiger partial charge in [-0.25, -0.2) is 4.68 Å². The average molecular weight is 577 g/mol. The number of carbonyl (C=O) groups excluding carboxylic acids is 1. The summed E-state index contributed by atoms with van der Waals surface area (Å²) in [6.07, 6.45) is 7.95. The molecule has 2 saturated heterocycles. The molecule has 202 valence electrons. The van der Waals surface area contributed by atoms with Gasteiger partial charge in [-0.3, -0.25) is 9.69 Å². The van der Waals surface area contributed by atoms with Crippen LogP contribution in [0.3, 0.4) is 0 Å². The first-order chi connectivity index (χ1) is 18.5. The third-order valence-corrected chi connectivity index (χ3v) is 8.38. The van der Waals surface area contributed by atoms with Gasteiger partial charge in [0.25, 0.3) is 0 Å². The molecule has 1 atom stereocenters. The fourth-order valence-electron chi connectivity index (χ4n) is 5.46. The number of amides is 1. The number of hydrogen-bond acceptors (Lipinski definition) is 5. The zero-order valence-corrected chi connectivity index (χ0v) is 23.5. The molecule has 2 aliphatic rings. The lowest BCUT2D eigenvalue weighted by Crippen LogP contribution is -2.43. The number of ether oxygens (including phenoxy) is 1. The van der Waals surface area contributed by atoms with Gasteiger partial charge in [0.2, 0.25) is 5.91 Å². The first-order valence-corrected chi connectivity index (χ1v) is 14.3. The van der Waals surface area contributed by atoms with Gasteiger partial charge in [0.05, 0.1) is 6.20 Å². The Morgan fingerprint density at radius 1 is 1.00 bits per heavy atom. The van der Waals surface area contributed by atoms with Crippen molar-refractivity contribution in [2.24, 2.45) is 0 Å². The van der Waals surface area contributed by atoms with Gasteiger partial charge in [0.1, 0.15) is 18.4 Å². The summed E-state index contributed by atoms with van der Waals surface area (Å²) >= 11 is 18.8. The standard InChI is InChI=1S/C28H32Cl3N5O2/c29-22-4-3-21(25(31)18-22)17-26(36-14-9-32-33-36)28(37)35-12-7-20(8-13-35)24-6-5-23(30)19-27(24)38-16-15-34-10-1-2-11-34/h3-6,9,14,18-20,26H,1-2,7-8,10-13,15-17H2. The number of rotatable bonds is 9. The van der Waals surface area contributed by atoms with Crippen LogP contribution in [0.15, 0.2) is 48.8 Å². The highest BCUT2D eigenvalue weighted by molar-refractivity contribution is 6.35. The van der Waals surface area contributed by atoms with E-state index >= 15 is 0 Å². The maximum absolute atomic E-state index is 13.7. The van der Waals surface area contributed by atoms with E-state index in [0.717, 1.165) is 43.8 Å². The highest BCUT2D eigenvalue weighted by Crippen LogP contribution is 2.37. The van der Waals surface area contributed by atoms with Crippen molar-refractivity contribution < 1.29 is 9.53 Å². The highest BCUT2D eigenvalue weighted by Gasteiger charge is 2.32. The predicted molar refractivity (Wildman–Crippen MR) is 150 cm³/mol. The Labute approximate surface area is 238 Å². The number of likely N-dealkylation sites (tertiary alicyclic amines) is 2. The van der Waals surface area contributed by atoms with Crippen LogP contribution in [0, 0.1) is 0 Å². The summed E-state index contributed by atoms with van der Waals surface area (Å²) in [7, 11) is 0. The molecule has 5 rings (SSSR count). The Balaban J connectivity index is 1.24. The van der Waals surface area contributed by atoms with E-state index in [9.17, 15) is 4.79 Å². The fraction of sp³-hybridized carbons (Fsp3) is 0.464. The molecule has 2 aromatic carbocycles. The van der Waals surface area contributed by atoms with Crippen molar-refractivity contribution in [1.29, 1.82) is 0 Å². The largest absolute Gasteiger partial charge is 0.492 e. The fourth-order valence-corrected chi connectivity index (χ4v) is 6.10. The van der Waals surface area contributed by atoms with E-state index in [1.807, 2.05) is 23.1 Å². The number of aromatic nitrogens is 3. The predicted octanol–water partition coefficient (Wildman–Crippen LogP) is 5.90. The summed E-state index contributed by atoms with van der Waals surface area (Å²) in [5.41, 5.74) is 2.01. The molecular weight excluding hydrogens is 545 g/mol. The van der Waals surface area contributed by atoms with E-state index in [0.29, 0.717) is 47.1 Å². The van der Waals surface area contributed by atoms with Gasteiger partial charge in [-0.2, -0.15) is 0 Å². The van der Waals surface area contributed by atoms with Crippen molar-refractivity contribution >= 4 is 40.7 Å².